The summed E-state index contributed by atoms with van der Waals surface area (Å²) in [6.07, 6.45) is 2.02. The average molecular weight is 286 g/mol. The molecule has 1 saturated carbocycles. The van der Waals surface area contributed by atoms with Gasteiger partial charge in [0.1, 0.15) is 0 Å². The third kappa shape index (κ3) is 2.69. The normalized spacial score (nSPS) is 20.9. The first kappa shape index (κ1) is 13.8. The fraction of sp³-hybridized carbons (Fsp3) is 0.375. The molecule has 1 aromatic carbocycles. The Morgan fingerprint density at radius 3 is 2.71 bits per heavy atom. The van der Waals surface area contributed by atoms with Crippen LogP contribution in [0.15, 0.2) is 40.9 Å². The Labute approximate surface area is 123 Å². The van der Waals surface area contributed by atoms with E-state index in [1.54, 1.807) is 25.1 Å². The SMILES string of the molecule is COC1CC(N(C)C(=O)c2cc(-c3ccccc3)on2)C1. The van der Waals surface area contributed by atoms with Gasteiger partial charge in [0.15, 0.2) is 11.5 Å². The van der Waals surface area contributed by atoms with E-state index in [0.717, 1.165) is 18.4 Å². The number of carbonyl (C=O) groups is 1. The lowest BCUT2D eigenvalue weighted by atomic mass is 9.88. The number of benzene rings is 1. The molecule has 1 amide bonds. The summed E-state index contributed by atoms with van der Waals surface area (Å²) in [5.74, 6) is 0.496. The van der Waals surface area contributed by atoms with E-state index in [9.17, 15) is 4.79 Å². The van der Waals surface area contributed by atoms with Crippen LogP contribution in [0.25, 0.3) is 11.3 Å². The Bertz CT molecular complexity index is 617. The predicted octanol–water partition coefficient (Wildman–Crippen LogP) is 2.59. The van der Waals surface area contributed by atoms with Crippen LogP contribution in [0.3, 0.4) is 0 Å². The van der Waals surface area contributed by atoms with Crippen molar-refractivity contribution in [1.82, 2.24) is 10.1 Å². The maximum absolute atomic E-state index is 12.4. The first-order chi connectivity index (χ1) is 10.2. The molecule has 0 saturated heterocycles. The van der Waals surface area contributed by atoms with Crippen molar-refractivity contribution in [2.75, 3.05) is 14.2 Å². The second kappa shape index (κ2) is 5.69. The lowest BCUT2D eigenvalue weighted by Crippen LogP contribution is -2.48. The van der Waals surface area contributed by atoms with E-state index in [2.05, 4.69) is 5.16 Å². The summed E-state index contributed by atoms with van der Waals surface area (Å²) in [6, 6.07) is 11.5. The van der Waals surface area contributed by atoms with Crippen molar-refractivity contribution in [3.8, 4) is 11.3 Å². The van der Waals surface area contributed by atoms with Crippen LogP contribution in [0.4, 0.5) is 0 Å². The van der Waals surface area contributed by atoms with Crippen molar-refractivity contribution in [3.05, 3.63) is 42.1 Å². The third-order valence-corrected chi connectivity index (χ3v) is 4.06. The summed E-state index contributed by atoms with van der Waals surface area (Å²) in [5, 5.41) is 3.90. The van der Waals surface area contributed by atoms with Crippen LogP contribution in [0.5, 0.6) is 0 Å². The third-order valence-electron chi connectivity index (χ3n) is 4.06. The summed E-state index contributed by atoms with van der Waals surface area (Å²) >= 11 is 0. The Morgan fingerprint density at radius 1 is 1.33 bits per heavy atom. The van der Waals surface area contributed by atoms with Crippen LogP contribution in [-0.2, 0) is 4.74 Å². The molecule has 110 valence electrons. The van der Waals surface area contributed by atoms with Crippen molar-refractivity contribution < 1.29 is 14.1 Å². The highest BCUT2D eigenvalue weighted by molar-refractivity contribution is 5.93. The minimum atomic E-state index is -0.111. The van der Waals surface area contributed by atoms with Gasteiger partial charge in [-0.3, -0.25) is 4.79 Å². The smallest absolute Gasteiger partial charge is 0.276 e. The first-order valence-electron chi connectivity index (χ1n) is 7.01. The van der Waals surface area contributed by atoms with Gasteiger partial charge in [0, 0.05) is 31.8 Å². The zero-order chi connectivity index (χ0) is 14.8. The number of hydrogen-bond donors (Lipinski definition) is 0. The van der Waals surface area contributed by atoms with E-state index in [1.807, 2.05) is 30.3 Å². The van der Waals surface area contributed by atoms with Crippen molar-refractivity contribution in [2.24, 2.45) is 0 Å². The summed E-state index contributed by atoms with van der Waals surface area (Å²) in [7, 11) is 3.50. The number of hydrogen-bond acceptors (Lipinski definition) is 4. The van der Waals surface area contributed by atoms with E-state index >= 15 is 0 Å². The number of nitrogens with zero attached hydrogens (tertiary/aromatic N) is 2. The number of carbonyl (C=O) groups excluding carboxylic acids is 1. The van der Waals surface area contributed by atoms with E-state index in [1.165, 1.54) is 0 Å². The van der Waals surface area contributed by atoms with E-state index < -0.39 is 0 Å². The summed E-state index contributed by atoms with van der Waals surface area (Å²) in [4.78, 5) is 14.1. The molecule has 0 aliphatic heterocycles. The fourth-order valence-electron chi connectivity index (χ4n) is 2.51. The number of amides is 1. The summed E-state index contributed by atoms with van der Waals surface area (Å²) < 4.78 is 10.5. The van der Waals surface area contributed by atoms with Gasteiger partial charge < -0.3 is 14.2 Å². The topological polar surface area (TPSA) is 55.6 Å². The second-order valence-corrected chi connectivity index (χ2v) is 5.34. The second-order valence-electron chi connectivity index (χ2n) is 5.34. The molecule has 1 aromatic heterocycles. The molecule has 0 unspecified atom stereocenters. The van der Waals surface area contributed by atoms with Crippen LogP contribution in [0.2, 0.25) is 0 Å². The maximum Gasteiger partial charge on any atom is 0.276 e. The summed E-state index contributed by atoms with van der Waals surface area (Å²) in [6.45, 7) is 0. The Kier molecular flexibility index (Phi) is 3.75. The lowest BCUT2D eigenvalue weighted by Gasteiger charge is -2.39. The zero-order valence-electron chi connectivity index (χ0n) is 12.2. The quantitative estimate of drug-likeness (QED) is 0.867. The van der Waals surface area contributed by atoms with E-state index in [-0.39, 0.29) is 18.1 Å². The van der Waals surface area contributed by atoms with Crippen molar-refractivity contribution >= 4 is 5.91 Å². The molecule has 0 N–H and O–H groups in total. The van der Waals surface area contributed by atoms with Gasteiger partial charge in [-0.2, -0.15) is 0 Å². The van der Waals surface area contributed by atoms with Crippen LogP contribution < -0.4 is 0 Å². The minimum absolute atomic E-state index is 0.111. The van der Waals surface area contributed by atoms with Crippen molar-refractivity contribution in [1.29, 1.82) is 0 Å². The van der Waals surface area contributed by atoms with Gasteiger partial charge in [0.25, 0.3) is 5.91 Å². The number of ether oxygens (including phenoxy) is 1. The van der Waals surface area contributed by atoms with E-state index in [0.29, 0.717) is 11.5 Å². The van der Waals surface area contributed by atoms with Crippen LogP contribution in [0.1, 0.15) is 23.3 Å². The Balaban J connectivity index is 1.70. The molecule has 0 radical (unpaired) electrons. The van der Waals surface area contributed by atoms with Crippen LogP contribution >= 0.6 is 0 Å². The molecular formula is C16H18N2O3. The Hall–Kier alpha value is -2.14. The van der Waals surface area contributed by atoms with Crippen LogP contribution in [0, 0.1) is 0 Å². The van der Waals surface area contributed by atoms with Gasteiger partial charge in [0.05, 0.1) is 6.10 Å². The van der Waals surface area contributed by atoms with Crippen molar-refractivity contribution in [3.63, 3.8) is 0 Å². The van der Waals surface area contributed by atoms with Gasteiger partial charge in [-0.15, -0.1) is 0 Å². The molecule has 3 rings (SSSR count). The lowest BCUT2D eigenvalue weighted by molar-refractivity contribution is -0.0147. The first-order valence-corrected chi connectivity index (χ1v) is 7.01. The number of methoxy groups -OCH3 is 1. The van der Waals surface area contributed by atoms with E-state index in [4.69, 9.17) is 9.26 Å². The van der Waals surface area contributed by atoms with Gasteiger partial charge >= 0.3 is 0 Å². The van der Waals surface area contributed by atoms with Crippen molar-refractivity contribution in [2.45, 2.75) is 25.0 Å². The molecule has 1 heterocycles. The minimum Gasteiger partial charge on any atom is -0.381 e. The predicted molar refractivity (Wildman–Crippen MR) is 77.9 cm³/mol. The highest BCUT2D eigenvalue weighted by atomic mass is 16.5. The molecule has 1 fully saturated rings. The van der Waals surface area contributed by atoms with Gasteiger partial charge in [-0.1, -0.05) is 35.5 Å². The molecule has 0 spiro atoms. The molecule has 5 heteroatoms. The monoisotopic (exact) mass is 286 g/mol. The van der Waals surface area contributed by atoms with Gasteiger partial charge in [0.2, 0.25) is 0 Å². The van der Waals surface area contributed by atoms with Gasteiger partial charge in [-0.25, -0.2) is 0 Å². The molecule has 0 bridgehead atoms. The largest absolute Gasteiger partial charge is 0.381 e. The molecular weight excluding hydrogens is 268 g/mol. The fourth-order valence-corrected chi connectivity index (χ4v) is 2.51. The van der Waals surface area contributed by atoms with Crippen LogP contribution in [-0.4, -0.2) is 42.3 Å². The standard InChI is InChI=1S/C16H18N2O3/c1-18(12-8-13(9-12)20-2)16(19)14-10-15(21-17-14)11-6-4-3-5-7-11/h3-7,10,12-13H,8-9H2,1-2H3. The molecule has 1 aliphatic carbocycles. The van der Waals surface area contributed by atoms with Gasteiger partial charge in [-0.05, 0) is 12.8 Å². The molecule has 0 atom stereocenters. The average Bonchev–Trinajstić information content (AvgIpc) is 2.96. The molecule has 1 aliphatic rings. The summed E-state index contributed by atoms with van der Waals surface area (Å²) in [5.41, 5.74) is 1.26. The molecule has 21 heavy (non-hydrogen) atoms. The highest BCUT2D eigenvalue weighted by Gasteiger charge is 2.35. The maximum atomic E-state index is 12.4. The Morgan fingerprint density at radius 2 is 2.05 bits per heavy atom. The zero-order valence-corrected chi connectivity index (χ0v) is 12.2. The number of aromatic nitrogens is 1. The highest BCUT2D eigenvalue weighted by Crippen LogP contribution is 2.28. The molecule has 5 nitrogen and oxygen atoms in total. The number of rotatable bonds is 4. The molecule has 2 aromatic rings.